The fraction of sp³-hybridized carbons (Fsp3) is 0.500. The van der Waals surface area contributed by atoms with Crippen molar-refractivity contribution in [2.75, 3.05) is 6.61 Å². The molecule has 0 aliphatic carbocycles. The van der Waals surface area contributed by atoms with Gasteiger partial charge < -0.3 is 9.15 Å². The molecule has 0 spiro atoms. The molecule has 0 aromatic carbocycles. The number of hydrogen-bond acceptors (Lipinski definition) is 3. The summed E-state index contributed by atoms with van der Waals surface area (Å²) in [6.45, 7) is 5.71. The number of carbonyl (C=O) groups excluding carboxylic acids is 1. The Bertz CT molecular complexity index is 328. The molecule has 14 heavy (non-hydrogen) atoms. The van der Waals surface area contributed by atoms with Gasteiger partial charge in [0, 0.05) is 0 Å². The molecular weight excluding hydrogens is 248 g/mol. The van der Waals surface area contributed by atoms with Crippen LogP contribution in [0.25, 0.3) is 0 Å². The molecule has 1 heterocycles. The van der Waals surface area contributed by atoms with Crippen molar-refractivity contribution in [3.8, 4) is 0 Å². The summed E-state index contributed by atoms with van der Waals surface area (Å²) in [4.78, 5) is 11.6. The maximum atomic E-state index is 11.6. The molecule has 78 valence electrons. The lowest BCUT2D eigenvalue weighted by Gasteiger charge is -2.19. The van der Waals surface area contributed by atoms with Crippen LogP contribution in [0.1, 0.15) is 26.5 Å². The zero-order valence-electron chi connectivity index (χ0n) is 8.46. The fourth-order valence-electron chi connectivity index (χ4n) is 1.06. The molecule has 1 aromatic rings. The first-order valence-corrected chi connectivity index (χ1v) is 5.20. The van der Waals surface area contributed by atoms with E-state index < -0.39 is 5.41 Å². The zero-order chi connectivity index (χ0) is 10.8. The fourth-order valence-corrected chi connectivity index (χ4v) is 1.37. The molecule has 0 aliphatic heterocycles. The van der Waals surface area contributed by atoms with Crippen LogP contribution >= 0.6 is 15.9 Å². The SMILES string of the molecule is CCOC(=O)C(C)(C)c1ccc(Br)o1. The van der Waals surface area contributed by atoms with Crippen molar-refractivity contribution in [3.05, 3.63) is 22.6 Å². The monoisotopic (exact) mass is 260 g/mol. The number of carbonyl (C=O) groups is 1. The first kappa shape index (κ1) is 11.3. The third kappa shape index (κ3) is 2.18. The van der Waals surface area contributed by atoms with Crippen molar-refractivity contribution < 1.29 is 13.9 Å². The number of esters is 1. The average Bonchev–Trinajstić information content (AvgIpc) is 2.52. The summed E-state index contributed by atoms with van der Waals surface area (Å²) in [5.41, 5.74) is -0.734. The van der Waals surface area contributed by atoms with Crippen LogP contribution in [0, 0.1) is 0 Å². The predicted octanol–water partition coefficient (Wildman–Crippen LogP) is 2.88. The lowest BCUT2D eigenvalue weighted by Crippen LogP contribution is -2.30. The normalized spacial score (nSPS) is 11.4. The van der Waals surface area contributed by atoms with Gasteiger partial charge in [-0.3, -0.25) is 4.79 Å². The molecule has 4 heteroatoms. The highest BCUT2D eigenvalue weighted by atomic mass is 79.9. The van der Waals surface area contributed by atoms with Crippen molar-refractivity contribution >= 4 is 21.9 Å². The van der Waals surface area contributed by atoms with E-state index in [4.69, 9.17) is 9.15 Å². The summed E-state index contributed by atoms with van der Waals surface area (Å²) in [5, 5.41) is 0. The third-order valence-electron chi connectivity index (χ3n) is 1.97. The standard InChI is InChI=1S/C10H13BrO3/c1-4-13-9(12)10(2,3)7-5-6-8(11)14-7/h5-6H,4H2,1-3H3. The Labute approximate surface area is 91.6 Å². The Morgan fingerprint density at radius 2 is 2.21 bits per heavy atom. The molecular formula is C10H13BrO3. The molecule has 0 unspecified atom stereocenters. The molecule has 1 aromatic heterocycles. The summed E-state index contributed by atoms with van der Waals surface area (Å²) in [6, 6.07) is 3.53. The van der Waals surface area contributed by atoms with Crippen LogP contribution in [0.15, 0.2) is 21.2 Å². The van der Waals surface area contributed by atoms with Crippen LogP contribution < -0.4 is 0 Å². The molecule has 0 bridgehead atoms. The average molecular weight is 261 g/mol. The quantitative estimate of drug-likeness (QED) is 0.785. The minimum absolute atomic E-state index is 0.276. The van der Waals surface area contributed by atoms with Gasteiger partial charge in [0.25, 0.3) is 0 Å². The Morgan fingerprint density at radius 3 is 2.64 bits per heavy atom. The van der Waals surface area contributed by atoms with E-state index in [0.717, 1.165) is 0 Å². The number of halogens is 1. The first-order valence-electron chi connectivity index (χ1n) is 4.41. The first-order chi connectivity index (χ1) is 6.48. The molecule has 0 amide bonds. The van der Waals surface area contributed by atoms with Gasteiger partial charge in [0.1, 0.15) is 11.2 Å². The number of hydrogen-bond donors (Lipinski definition) is 0. The molecule has 0 atom stereocenters. The lowest BCUT2D eigenvalue weighted by molar-refractivity contribution is -0.149. The van der Waals surface area contributed by atoms with Gasteiger partial charge in [0.15, 0.2) is 4.67 Å². The highest BCUT2D eigenvalue weighted by Crippen LogP contribution is 2.28. The summed E-state index contributed by atoms with van der Waals surface area (Å²) in [5.74, 6) is 0.324. The molecule has 0 N–H and O–H groups in total. The lowest BCUT2D eigenvalue weighted by atomic mass is 9.91. The summed E-state index contributed by atoms with van der Waals surface area (Å²) >= 11 is 3.19. The Balaban J connectivity index is 2.89. The summed E-state index contributed by atoms with van der Waals surface area (Å²) < 4.78 is 10.9. The van der Waals surface area contributed by atoms with E-state index in [0.29, 0.717) is 17.0 Å². The largest absolute Gasteiger partial charge is 0.465 e. The minimum atomic E-state index is -0.734. The minimum Gasteiger partial charge on any atom is -0.465 e. The Kier molecular flexibility index (Phi) is 3.37. The van der Waals surface area contributed by atoms with Crippen molar-refractivity contribution in [2.45, 2.75) is 26.2 Å². The maximum Gasteiger partial charge on any atom is 0.319 e. The summed E-state index contributed by atoms with van der Waals surface area (Å²) in [6.07, 6.45) is 0. The maximum absolute atomic E-state index is 11.6. The molecule has 0 aliphatic rings. The molecule has 0 saturated carbocycles. The second-order valence-electron chi connectivity index (χ2n) is 3.45. The van der Waals surface area contributed by atoms with Gasteiger partial charge in [-0.2, -0.15) is 0 Å². The Hall–Kier alpha value is -0.770. The van der Waals surface area contributed by atoms with Crippen molar-refractivity contribution in [1.82, 2.24) is 0 Å². The number of furan rings is 1. The molecule has 0 radical (unpaired) electrons. The van der Waals surface area contributed by atoms with E-state index in [1.165, 1.54) is 0 Å². The van der Waals surface area contributed by atoms with E-state index in [1.807, 2.05) is 0 Å². The van der Waals surface area contributed by atoms with Gasteiger partial charge in [-0.05, 0) is 48.8 Å². The van der Waals surface area contributed by atoms with Crippen LogP contribution in [0.4, 0.5) is 0 Å². The van der Waals surface area contributed by atoms with Gasteiger partial charge in [0.05, 0.1) is 6.61 Å². The number of rotatable bonds is 3. The predicted molar refractivity (Wildman–Crippen MR) is 56.1 cm³/mol. The van der Waals surface area contributed by atoms with Gasteiger partial charge in [0.2, 0.25) is 0 Å². The van der Waals surface area contributed by atoms with Crippen molar-refractivity contribution in [1.29, 1.82) is 0 Å². The van der Waals surface area contributed by atoms with Crippen molar-refractivity contribution in [2.24, 2.45) is 0 Å². The molecule has 1 rings (SSSR count). The van der Waals surface area contributed by atoms with Gasteiger partial charge >= 0.3 is 5.97 Å². The molecule has 0 fully saturated rings. The van der Waals surface area contributed by atoms with E-state index in [-0.39, 0.29) is 5.97 Å². The van der Waals surface area contributed by atoms with Crippen LogP contribution in [0.5, 0.6) is 0 Å². The molecule has 0 saturated heterocycles. The topological polar surface area (TPSA) is 39.4 Å². The summed E-state index contributed by atoms with van der Waals surface area (Å²) in [7, 11) is 0. The van der Waals surface area contributed by atoms with Gasteiger partial charge in [-0.15, -0.1) is 0 Å². The second kappa shape index (κ2) is 4.17. The third-order valence-corrected chi connectivity index (χ3v) is 2.40. The Morgan fingerprint density at radius 1 is 1.57 bits per heavy atom. The van der Waals surface area contributed by atoms with Crippen LogP contribution in [-0.2, 0) is 14.9 Å². The highest BCUT2D eigenvalue weighted by Gasteiger charge is 2.34. The van der Waals surface area contributed by atoms with E-state index in [9.17, 15) is 4.79 Å². The van der Waals surface area contributed by atoms with Gasteiger partial charge in [-0.1, -0.05) is 0 Å². The van der Waals surface area contributed by atoms with Crippen LogP contribution in [0.2, 0.25) is 0 Å². The molecule has 3 nitrogen and oxygen atoms in total. The van der Waals surface area contributed by atoms with E-state index in [1.54, 1.807) is 32.9 Å². The zero-order valence-corrected chi connectivity index (χ0v) is 10.1. The van der Waals surface area contributed by atoms with E-state index in [2.05, 4.69) is 15.9 Å². The highest BCUT2D eigenvalue weighted by molar-refractivity contribution is 9.10. The van der Waals surface area contributed by atoms with Gasteiger partial charge in [-0.25, -0.2) is 0 Å². The second-order valence-corrected chi connectivity index (χ2v) is 4.23. The number of ether oxygens (including phenoxy) is 1. The van der Waals surface area contributed by atoms with Crippen molar-refractivity contribution in [3.63, 3.8) is 0 Å². The van der Waals surface area contributed by atoms with E-state index >= 15 is 0 Å². The van der Waals surface area contributed by atoms with Crippen LogP contribution in [0.3, 0.4) is 0 Å². The van der Waals surface area contributed by atoms with Crippen LogP contribution in [-0.4, -0.2) is 12.6 Å². The smallest absolute Gasteiger partial charge is 0.319 e.